The first-order chi connectivity index (χ1) is 9.15. The fraction of sp³-hybridized carbons (Fsp3) is 0.200. The molecule has 3 rings (SSSR count). The molecule has 0 aliphatic heterocycles. The number of benzene rings is 1. The van der Waals surface area contributed by atoms with Gasteiger partial charge in [0.05, 0.1) is 17.4 Å². The van der Waals surface area contributed by atoms with E-state index in [0.717, 1.165) is 16.9 Å². The summed E-state index contributed by atoms with van der Waals surface area (Å²) in [6.45, 7) is 3.98. The van der Waals surface area contributed by atoms with E-state index in [9.17, 15) is 0 Å². The van der Waals surface area contributed by atoms with Gasteiger partial charge in [0, 0.05) is 17.1 Å². The molecule has 0 aliphatic carbocycles. The van der Waals surface area contributed by atoms with E-state index < -0.39 is 0 Å². The van der Waals surface area contributed by atoms with Crippen LogP contribution in [0.25, 0.3) is 22.3 Å². The minimum atomic E-state index is -0.161. The van der Waals surface area contributed by atoms with Crippen LogP contribution in [-0.2, 0) is 0 Å². The number of hydrogen-bond donors (Lipinski definition) is 2. The fourth-order valence-corrected chi connectivity index (χ4v) is 2.19. The monoisotopic (exact) mass is 252 g/mol. The summed E-state index contributed by atoms with van der Waals surface area (Å²) in [6.07, 6.45) is 1.75. The lowest BCUT2D eigenvalue weighted by Crippen LogP contribution is -2.09. The van der Waals surface area contributed by atoms with Gasteiger partial charge in [0.25, 0.3) is 0 Å². The van der Waals surface area contributed by atoms with Gasteiger partial charge in [-0.3, -0.25) is 0 Å². The van der Waals surface area contributed by atoms with Gasteiger partial charge in [-0.2, -0.15) is 0 Å². The van der Waals surface area contributed by atoms with Crippen LogP contribution in [0.1, 0.15) is 24.4 Å². The predicted molar refractivity (Wildman–Crippen MR) is 76.7 cm³/mol. The third-order valence-corrected chi connectivity index (χ3v) is 3.22. The molecule has 3 N–H and O–H groups in total. The molecule has 1 atom stereocenters. The Kier molecular flexibility index (Phi) is 2.80. The van der Waals surface area contributed by atoms with E-state index in [-0.39, 0.29) is 6.04 Å². The van der Waals surface area contributed by atoms with Crippen molar-refractivity contribution in [2.24, 2.45) is 5.73 Å². The molecule has 2 heterocycles. The summed E-state index contributed by atoms with van der Waals surface area (Å²) in [5.41, 5.74) is 10.1. The molecule has 0 aliphatic rings. The van der Waals surface area contributed by atoms with Crippen LogP contribution in [0.2, 0.25) is 0 Å². The molecule has 0 amide bonds. The molecule has 4 nitrogen and oxygen atoms in total. The topological polar surface area (TPSA) is 67.6 Å². The fourth-order valence-electron chi connectivity index (χ4n) is 2.19. The van der Waals surface area contributed by atoms with Crippen LogP contribution in [0.15, 0.2) is 36.5 Å². The Labute approximate surface area is 111 Å². The van der Waals surface area contributed by atoms with E-state index in [1.165, 1.54) is 10.9 Å². The van der Waals surface area contributed by atoms with Crippen molar-refractivity contribution in [1.29, 1.82) is 0 Å². The quantitative estimate of drug-likeness (QED) is 0.736. The van der Waals surface area contributed by atoms with E-state index in [4.69, 9.17) is 5.73 Å². The smallest absolute Gasteiger partial charge is 0.145 e. The van der Waals surface area contributed by atoms with Gasteiger partial charge < -0.3 is 10.7 Å². The SMILES string of the molecule is Cc1cccc2cc(-c3ccnc(C(C)N)n3)[nH]c12. The highest BCUT2D eigenvalue weighted by atomic mass is 14.9. The molecule has 2 aromatic heterocycles. The number of fused-ring (bicyclic) bond motifs is 1. The molecule has 4 heteroatoms. The van der Waals surface area contributed by atoms with Crippen molar-refractivity contribution in [2.75, 3.05) is 0 Å². The van der Waals surface area contributed by atoms with Gasteiger partial charge in [0.2, 0.25) is 0 Å². The van der Waals surface area contributed by atoms with E-state index >= 15 is 0 Å². The van der Waals surface area contributed by atoms with Gasteiger partial charge in [0.1, 0.15) is 5.82 Å². The zero-order chi connectivity index (χ0) is 13.4. The summed E-state index contributed by atoms with van der Waals surface area (Å²) in [4.78, 5) is 12.1. The van der Waals surface area contributed by atoms with E-state index in [2.05, 4.69) is 46.1 Å². The van der Waals surface area contributed by atoms with Crippen LogP contribution in [-0.4, -0.2) is 15.0 Å². The van der Waals surface area contributed by atoms with Gasteiger partial charge >= 0.3 is 0 Å². The summed E-state index contributed by atoms with van der Waals surface area (Å²) in [7, 11) is 0. The third-order valence-electron chi connectivity index (χ3n) is 3.22. The highest BCUT2D eigenvalue weighted by molar-refractivity contribution is 5.87. The first-order valence-electron chi connectivity index (χ1n) is 6.32. The maximum absolute atomic E-state index is 5.82. The number of aromatic nitrogens is 3. The lowest BCUT2D eigenvalue weighted by atomic mass is 10.2. The normalized spacial score (nSPS) is 12.8. The van der Waals surface area contributed by atoms with Crippen molar-refractivity contribution >= 4 is 10.9 Å². The van der Waals surface area contributed by atoms with Gasteiger partial charge in [-0.1, -0.05) is 18.2 Å². The standard InChI is InChI=1S/C15H16N4/c1-9-4-3-5-11-8-13(18-14(9)11)12-6-7-17-15(19-12)10(2)16/h3-8,10,18H,16H2,1-2H3. The molecule has 0 fully saturated rings. The van der Waals surface area contributed by atoms with Gasteiger partial charge in [-0.15, -0.1) is 0 Å². The number of nitrogens with two attached hydrogens (primary N) is 1. The minimum Gasteiger partial charge on any atom is -0.353 e. The van der Waals surface area contributed by atoms with Crippen LogP contribution in [0.5, 0.6) is 0 Å². The molecular formula is C15H16N4. The molecule has 0 spiro atoms. The third kappa shape index (κ3) is 2.11. The van der Waals surface area contributed by atoms with Gasteiger partial charge in [0.15, 0.2) is 0 Å². The maximum Gasteiger partial charge on any atom is 0.145 e. The number of nitrogens with one attached hydrogen (secondary N) is 1. The molecule has 3 aromatic rings. The summed E-state index contributed by atoms with van der Waals surface area (Å²) < 4.78 is 0. The number of nitrogens with zero attached hydrogens (tertiary/aromatic N) is 2. The van der Waals surface area contributed by atoms with Crippen LogP contribution >= 0.6 is 0 Å². The maximum atomic E-state index is 5.82. The van der Waals surface area contributed by atoms with Crippen LogP contribution < -0.4 is 5.73 Å². The lowest BCUT2D eigenvalue weighted by molar-refractivity contribution is 0.740. The van der Waals surface area contributed by atoms with Gasteiger partial charge in [-0.05, 0) is 31.5 Å². The van der Waals surface area contributed by atoms with Crippen molar-refractivity contribution in [3.8, 4) is 11.4 Å². The predicted octanol–water partition coefficient (Wildman–Crippen LogP) is 2.95. The Morgan fingerprint density at radius 3 is 2.84 bits per heavy atom. The van der Waals surface area contributed by atoms with Crippen molar-refractivity contribution < 1.29 is 0 Å². The molecule has 0 radical (unpaired) electrons. The van der Waals surface area contributed by atoms with E-state index in [1.54, 1.807) is 6.20 Å². The van der Waals surface area contributed by atoms with E-state index in [0.29, 0.717) is 5.82 Å². The van der Waals surface area contributed by atoms with Crippen molar-refractivity contribution in [3.05, 3.63) is 47.9 Å². The zero-order valence-electron chi connectivity index (χ0n) is 11.0. The molecule has 1 unspecified atom stereocenters. The second-order valence-electron chi connectivity index (χ2n) is 4.81. The first kappa shape index (κ1) is 11.9. The van der Waals surface area contributed by atoms with Crippen molar-refractivity contribution in [2.45, 2.75) is 19.9 Å². The number of H-pyrrole nitrogens is 1. The second kappa shape index (κ2) is 4.48. The number of hydrogen-bond acceptors (Lipinski definition) is 3. The number of aromatic amines is 1. The Hall–Kier alpha value is -2.20. The average Bonchev–Trinajstić information content (AvgIpc) is 2.84. The first-order valence-corrected chi connectivity index (χ1v) is 6.32. The largest absolute Gasteiger partial charge is 0.353 e. The molecule has 96 valence electrons. The molecule has 1 aromatic carbocycles. The van der Waals surface area contributed by atoms with E-state index in [1.807, 2.05) is 13.0 Å². The van der Waals surface area contributed by atoms with Gasteiger partial charge in [-0.25, -0.2) is 9.97 Å². The number of para-hydroxylation sites is 1. The summed E-state index contributed by atoms with van der Waals surface area (Å²) in [5, 5.41) is 1.19. The minimum absolute atomic E-state index is 0.161. The molecule has 0 bridgehead atoms. The van der Waals surface area contributed by atoms with Crippen LogP contribution in [0.3, 0.4) is 0 Å². The summed E-state index contributed by atoms with van der Waals surface area (Å²) >= 11 is 0. The summed E-state index contributed by atoms with van der Waals surface area (Å²) in [5.74, 6) is 0.660. The molecule has 0 saturated heterocycles. The molecular weight excluding hydrogens is 236 g/mol. The molecule has 19 heavy (non-hydrogen) atoms. The number of aryl methyl sites for hydroxylation is 1. The highest BCUT2D eigenvalue weighted by Crippen LogP contribution is 2.24. The average molecular weight is 252 g/mol. The molecule has 0 saturated carbocycles. The lowest BCUT2D eigenvalue weighted by Gasteiger charge is -2.04. The van der Waals surface area contributed by atoms with Crippen LogP contribution in [0.4, 0.5) is 0 Å². The second-order valence-corrected chi connectivity index (χ2v) is 4.81. The highest BCUT2D eigenvalue weighted by Gasteiger charge is 2.09. The Balaban J connectivity index is 2.14. The number of rotatable bonds is 2. The van der Waals surface area contributed by atoms with Crippen LogP contribution in [0, 0.1) is 6.92 Å². The van der Waals surface area contributed by atoms with Crippen molar-refractivity contribution in [1.82, 2.24) is 15.0 Å². The Morgan fingerprint density at radius 2 is 2.11 bits per heavy atom. The zero-order valence-corrected chi connectivity index (χ0v) is 11.0. The summed E-state index contributed by atoms with van der Waals surface area (Å²) in [6, 6.07) is 10.1. The Bertz CT molecular complexity index is 728. The Morgan fingerprint density at radius 1 is 1.26 bits per heavy atom. The van der Waals surface area contributed by atoms with Crippen molar-refractivity contribution in [3.63, 3.8) is 0 Å².